The maximum atomic E-state index is 13.5. The Hall–Kier alpha value is -3.92. The molecule has 0 fully saturated rings. The lowest BCUT2D eigenvalue weighted by molar-refractivity contribution is -0.137. The minimum Gasteiger partial charge on any atom is -0.352 e. The molecule has 0 radical (unpaired) electrons. The van der Waals surface area contributed by atoms with Crippen LogP contribution in [0.5, 0.6) is 0 Å². The predicted octanol–water partition coefficient (Wildman–Crippen LogP) is 5.37. The van der Waals surface area contributed by atoms with Crippen molar-refractivity contribution in [2.45, 2.75) is 44.9 Å². The van der Waals surface area contributed by atoms with Gasteiger partial charge in [-0.05, 0) is 74.3 Å². The van der Waals surface area contributed by atoms with Gasteiger partial charge in [-0.2, -0.15) is 13.2 Å². The van der Waals surface area contributed by atoms with Crippen LogP contribution >= 0.6 is 0 Å². The van der Waals surface area contributed by atoms with E-state index < -0.39 is 11.7 Å². The van der Waals surface area contributed by atoms with E-state index in [2.05, 4.69) is 20.9 Å². The topological polar surface area (TPSA) is 86.4 Å². The number of carbonyl (C=O) groups excluding carboxylic acids is 2. The zero-order valence-corrected chi connectivity index (χ0v) is 21.2. The Kier molecular flexibility index (Phi) is 8.31. The summed E-state index contributed by atoms with van der Waals surface area (Å²) in [5.74, 6) is 0.325. The average Bonchev–Trinajstić information content (AvgIpc) is 3.25. The van der Waals surface area contributed by atoms with Gasteiger partial charge in [-0.25, -0.2) is 9.78 Å². The van der Waals surface area contributed by atoms with E-state index >= 15 is 0 Å². The molecule has 0 saturated heterocycles. The fourth-order valence-electron chi connectivity index (χ4n) is 4.50. The zero-order valence-electron chi connectivity index (χ0n) is 21.2. The molecule has 0 aliphatic carbocycles. The van der Waals surface area contributed by atoms with Gasteiger partial charge in [0, 0.05) is 30.8 Å². The van der Waals surface area contributed by atoms with Crippen molar-refractivity contribution in [3.05, 3.63) is 77.4 Å². The summed E-state index contributed by atoms with van der Waals surface area (Å²) < 4.78 is 39.8. The SMILES string of the molecule is CNCCC[C@H]1Cc2ccc(-c3cccc(C(F)(F)F)c3)nc2N1C(=O)Nc1ccc(CNC(C)=O)cc1. The first-order chi connectivity index (χ1) is 18.2. The van der Waals surface area contributed by atoms with Crippen LogP contribution in [0.3, 0.4) is 0 Å². The predicted molar refractivity (Wildman–Crippen MR) is 141 cm³/mol. The van der Waals surface area contributed by atoms with Gasteiger partial charge in [0.1, 0.15) is 5.82 Å². The Morgan fingerprint density at radius 2 is 1.84 bits per heavy atom. The van der Waals surface area contributed by atoms with Crippen LogP contribution in [0, 0.1) is 0 Å². The van der Waals surface area contributed by atoms with Crippen LogP contribution in [-0.2, 0) is 23.9 Å². The van der Waals surface area contributed by atoms with Crippen molar-refractivity contribution in [1.29, 1.82) is 0 Å². The number of benzene rings is 2. The number of nitrogens with zero attached hydrogens (tertiary/aromatic N) is 2. The molecule has 1 aliphatic heterocycles. The third-order valence-corrected chi connectivity index (χ3v) is 6.42. The number of fused-ring (bicyclic) bond motifs is 1. The van der Waals surface area contributed by atoms with E-state index in [1.165, 1.54) is 13.0 Å². The molecule has 4 rings (SSSR count). The molecular weight excluding hydrogens is 495 g/mol. The molecule has 3 aromatic rings. The number of halogens is 3. The highest BCUT2D eigenvalue weighted by Gasteiger charge is 2.35. The smallest absolute Gasteiger partial charge is 0.352 e. The minimum atomic E-state index is -4.46. The van der Waals surface area contributed by atoms with E-state index in [9.17, 15) is 22.8 Å². The Morgan fingerprint density at radius 3 is 2.53 bits per heavy atom. The van der Waals surface area contributed by atoms with E-state index in [1.54, 1.807) is 29.2 Å². The number of anilines is 2. The van der Waals surface area contributed by atoms with Crippen LogP contribution < -0.4 is 20.9 Å². The lowest BCUT2D eigenvalue weighted by Crippen LogP contribution is -2.41. The van der Waals surface area contributed by atoms with Crippen molar-refractivity contribution in [2.75, 3.05) is 23.8 Å². The molecule has 3 N–H and O–H groups in total. The van der Waals surface area contributed by atoms with Crippen molar-refractivity contribution in [3.63, 3.8) is 0 Å². The van der Waals surface area contributed by atoms with Crippen molar-refractivity contribution in [1.82, 2.24) is 15.6 Å². The van der Waals surface area contributed by atoms with Gasteiger partial charge in [0.15, 0.2) is 0 Å². The number of carbonyl (C=O) groups is 2. The minimum absolute atomic E-state index is 0.128. The van der Waals surface area contributed by atoms with Gasteiger partial charge in [-0.1, -0.05) is 30.3 Å². The second kappa shape index (κ2) is 11.6. The second-order valence-electron chi connectivity index (χ2n) is 9.27. The normalized spacial score (nSPS) is 14.8. The number of hydrogen-bond donors (Lipinski definition) is 3. The standard InChI is InChI=1S/C28H30F3N5O2/c1-18(37)33-17-19-8-11-23(12-9-19)34-27(38)36-24(7-4-14-32-2)16-21-10-13-25(35-26(21)36)20-5-3-6-22(15-20)28(29,30)31/h3,5-6,8-13,15,24,32H,4,7,14,16-17H2,1-2H3,(H,33,37)(H,34,38)/t24-/m0/s1. The number of hydrogen-bond acceptors (Lipinski definition) is 4. The van der Waals surface area contributed by atoms with Crippen molar-refractivity contribution < 1.29 is 22.8 Å². The Balaban J connectivity index is 1.60. The molecule has 1 atom stereocenters. The molecule has 0 unspecified atom stereocenters. The van der Waals surface area contributed by atoms with Crippen molar-refractivity contribution in [3.8, 4) is 11.3 Å². The molecule has 200 valence electrons. The summed E-state index contributed by atoms with van der Waals surface area (Å²) in [6.07, 6.45) is -2.27. The quantitative estimate of drug-likeness (QED) is 0.346. The van der Waals surface area contributed by atoms with Gasteiger partial charge >= 0.3 is 12.2 Å². The fraction of sp³-hybridized carbons (Fsp3) is 0.321. The summed E-state index contributed by atoms with van der Waals surface area (Å²) in [7, 11) is 1.87. The summed E-state index contributed by atoms with van der Waals surface area (Å²) in [5, 5.41) is 8.76. The molecule has 1 aliphatic rings. The average molecular weight is 526 g/mol. The Morgan fingerprint density at radius 1 is 1.08 bits per heavy atom. The van der Waals surface area contributed by atoms with Gasteiger partial charge in [0.05, 0.1) is 11.3 Å². The zero-order chi connectivity index (χ0) is 27.3. The highest BCUT2D eigenvalue weighted by molar-refractivity contribution is 6.03. The van der Waals surface area contributed by atoms with Gasteiger partial charge in [-0.3, -0.25) is 9.69 Å². The molecule has 1 aromatic heterocycles. The largest absolute Gasteiger partial charge is 0.416 e. The highest BCUT2D eigenvalue weighted by Crippen LogP contribution is 2.36. The monoisotopic (exact) mass is 525 g/mol. The lowest BCUT2D eigenvalue weighted by atomic mass is 10.0. The highest BCUT2D eigenvalue weighted by atomic mass is 19.4. The summed E-state index contributed by atoms with van der Waals surface area (Å²) >= 11 is 0. The number of alkyl halides is 3. The first-order valence-corrected chi connectivity index (χ1v) is 12.4. The number of pyridine rings is 1. The number of nitrogens with one attached hydrogen (secondary N) is 3. The molecule has 0 spiro atoms. The maximum Gasteiger partial charge on any atom is 0.416 e. The summed E-state index contributed by atoms with van der Waals surface area (Å²) in [6, 6.07) is 15.2. The second-order valence-corrected chi connectivity index (χ2v) is 9.27. The van der Waals surface area contributed by atoms with Crippen molar-refractivity contribution in [2.24, 2.45) is 0 Å². The van der Waals surface area contributed by atoms with Crippen LogP contribution in [0.15, 0.2) is 60.7 Å². The first-order valence-electron chi connectivity index (χ1n) is 12.4. The van der Waals surface area contributed by atoms with E-state index in [0.717, 1.165) is 42.6 Å². The lowest BCUT2D eigenvalue weighted by Gasteiger charge is -2.25. The molecule has 10 heteroatoms. The molecule has 3 amide bonds. The molecule has 0 bridgehead atoms. The van der Waals surface area contributed by atoms with E-state index in [4.69, 9.17) is 0 Å². The summed E-state index contributed by atoms with van der Waals surface area (Å²) in [6.45, 7) is 2.63. The summed E-state index contributed by atoms with van der Waals surface area (Å²) in [5.41, 5.74) is 2.29. The molecule has 7 nitrogen and oxygen atoms in total. The third-order valence-electron chi connectivity index (χ3n) is 6.42. The fourth-order valence-corrected chi connectivity index (χ4v) is 4.50. The van der Waals surface area contributed by atoms with Gasteiger partial charge in [-0.15, -0.1) is 0 Å². The molecule has 2 heterocycles. The van der Waals surface area contributed by atoms with Gasteiger partial charge < -0.3 is 16.0 Å². The maximum absolute atomic E-state index is 13.5. The van der Waals surface area contributed by atoms with Crippen molar-refractivity contribution >= 4 is 23.4 Å². The number of rotatable bonds is 8. The third kappa shape index (κ3) is 6.49. The van der Waals surface area contributed by atoms with E-state index in [1.807, 2.05) is 25.2 Å². The van der Waals surface area contributed by atoms with Crippen LogP contribution in [0.1, 0.15) is 36.5 Å². The van der Waals surface area contributed by atoms with Gasteiger partial charge in [0.2, 0.25) is 5.91 Å². The first kappa shape index (κ1) is 27.1. The number of amides is 3. The molecular formula is C28H30F3N5O2. The molecule has 0 saturated carbocycles. The summed E-state index contributed by atoms with van der Waals surface area (Å²) in [4.78, 5) is 30.9. The Bertz CT molecular complexity index is 1290. The van der Waals surface area contributed by atoms with Gasteiger partial charge in [0.25, 0.3) is 0 Å². The number of aromatic nitrogens is 1. The molecule has 38 heavy (non-hydrogen) atoms. The molecule has 2 aromatic carbocycles. The van der Waals surface area contributed by atoms with E-state index in [0.29, 0.717) is 35.7 Å². The van der Waals surface area contributed by atoms with Crippen LogP contribution in [0.4, 0.5) is 29.5 Å². The van der Waals surface area contributed by atoms with Crippen LogP contribution in [0.25, 0.3) is 11.3 Å². The Labute approximate surface area is 219 Å². The van der Waals surface area contributed by atoms with Crippen LogP contribution in [0.2, 0.25) is 0 Å². The van der Waals surface area contributed by atoms with Crippen LogP contribution in [-0.4, -0.2) is 36.6 Å². The van der Waals surface area contributed by atoms with E-state index in [-0.39, 0.29) is 18.0 Å². The number of urea groups is 1.